The van der Waals surface area contributed by atoms with Gasteiger partial charge in [-0.3, -0.25) is 4.68 Å². The van der Waals surface area contributed by atoms with Gasteiger partial charge in [-0.25, -0.2) is 4.98 Å². The number of nitrogens with zero attached hydrogens (tertiary/aromatic N) is 5. The molecule has 1 unspecified atom stereocenters. The van der Waals surface area contributed by atoms with Crippen molar-refractivity contribution in [3.8, 4) is 11.1 Å². The van der Waals surface area contributed by atoms with Crippen LogP contribution in [-0.2, 0) is 7.05 Å². The fourth-order valence-electron chi connectivity index (χ4n) is 3.43. The number of piperidine rings is 1. The molecule has 0 spiro atoms. The van der Waals surface area contributed by atoms with Crippen LogP contribution >= 0.6 is 28.6 Å². The minimum Gasteiger partial charge on any atom is -0.358 e. The molecule has 2 atom stereocenters. The molecule has 4 rings (SSSR count). The second kappa shape index (κ2) is 7.21. The fraction of sp³-hybridized carbons (Fsp3) is 0.471. The second-order valence-electron chi connectivity index (χ2n) is 6.72. The predicted molar refractivity (Wildman–Crippen MR) is 110 cm³/mol. The largest absolute Gasteiger partial charge is 0.358 e. The first kappa shape index (κ1) is 17.8. The molecule has 1 fully saturated rings. The Balaban J connectivity index is 1.91. The third kappa shape index (κ3) is 3.23. The highest BCUT2D eigenvalue weighted by molar-refractivity contribution is 9.10. The number of fused-ring (bicyclic) bond motifs is 1. The Morgan fingerprint density at radius 2 is 2.23 bits per heavy atom. The highest BCUT2D eigenvalue weighted by Crippen LogP contribution is 2.36. The summed E-state index contributed by atoms with van der Waals surface area (Å²) in [5, 5.41) is 15.7. The van der Waals surface area contributed by atoms with E-state index in [-0.39, 0.29) is 5.37 Å². The molecule has 0 saturated carbocycles. The van der Waals surface area contributed by atoms with Crippen molar-refractivity contribution in [1.82, 2.24) is 29.7 Å². The lowest BCUT2D eigenvalue weighted by atomic mass is 9.96. The molecule has 0 aliphatic carbocycles. The summed E-state index contributed by atoms with van der Waals surface area (Å²) >= 11 is 8.28. The third-order valence-corrected chi connectivity index (χ3v) is 5.57. The van der Waals surface area contributed by atoms with Gasteiger partial charge in [0.25, 0.3) is 0 Å². The van der Waals surface area contributed by atoms with E-state index in [0.717, 1.165) is 58.7 Å². The van der Waals surface area contributed by atoms with Crippen molar-refractivity contribution in [2.45, 2.75) is 31.1 Å². The van der Waals surface area contributed by atoms with Gasteiger partial charge >= 0.3 is 0 Å². The quantitative estimate of drug-likeness (QED) is 0.433. The van der Waals surface area contributed by atoms with E-state index in [4.69, 9.17) is 4.98 Å². The monoisotopic (exact) mass is 435 g/mol. The van der Waals surface area contributed by atoms with Crippen molar-refractivity contribution in [3.63, 3.8) is 0 Å². The van der Waals surface area contributed by atoms with Gasteiger partial charge in [0.05, 0.1) is 27.9 Å². The number of nitrogens with one attached hydrogen (secondary N) is 2. The van der Waals surface area contributed by atoms with Crippen LogP contribution < -0.4 is 10.6 Å². The molecule has 7 nitrogen and oxygen atoms in total. The summed E-state index contributed by atoms with van der Waals surface area (Å²) < 4.78 is 4.60. The Morgan fingerprint density at radius 1 is 1.38 bits per heavy atom. The van der Waals surface area contributed by atoms with Crippen LogP contribution in [-0.4, -0.2) is 42.8 Å². The van der Waals surface area contributed by atoms with Crippen molar-refractivity contribution in [1.29, 1.82) is 0 Å². The highest BCUT2D eigenvalue weighted by atomic mass is 79.9. The maximum absolute atomic E-state index is 5.02. The molecule has 1 saturated heterocycles. The number of hydrogen-bond donors (Lipinski definition) is 3. The van der Waals surface area contributed by atoms with Crippen molar-refractivity contribution < 1.29 is 0 Å². The first-order valence-electron chi connectivity index (χ1n) is 8.76. The average Bonchev–Trinajstić information content (AvgIpc) is 3.23. The summed E-state index contributed by atoms with van der Waals surface area (Å²) in [6, 6.07) is 0. The highest BCUT2D eigenvalue weighted by Gasteiger charge is 2.25. The lowest BCUT2D eigenvalue weighted by Crippen LogP contribution is -2.29. The summed E-state index contributed by atoms with van der Waals surface area (Å²) in [5.74, 6) is 1.25. The summed E-state index contributed by atoms with van der Waals surface area (Å²) in [4.78, 5) is 5.02. The van der Waals surface area contributed by atoms with Gasteiger partial charge in [0.2, 0.25) is 0 Å². The lowest BCUT2D eigenvalue weighted by molar-refractivity contribution is 0.453. The summed E-state index contributed by atoms with van der Waals surface area (Å²) in [6.07, 6.45) is 7.96. The molecule has 0 radical (unpaired) electrons. The maximum Gasteiger partial charge on any atom is 0.165 e. The van der Waals surface area contributed by atoms with Gasteiger partial charge < -0.3 is 10.6 Å². The molecule has 4 heterocycles. The fourth-order valence-corrected chi connectivity index (χ4v) is 4.25. The molecule has 9 heteroatoms. The van der Waals surface area contributed by atoms with Gasteiger partial charge in [-0.05, 0) is 42.2 Å². The van der Waals surface area contributed by atoms with Crippen LogP contribution in [0, 0.1) is 0 Å². The SMILES string of the molecule is CC(S)Nc1c(Br)c([C@@H]2CCCNC2)nc2c(-c3cnn(C)c3)cnn12. The van der Waals surface area contributed by atoms with Gasteiger partial charge in [-0.2, -0.15) is 27.3 Å². The average molecular weight is 436 g/mol. The van der Waals surface area contributed by atoms with Gasteiger partial charge in [0.1, 0.15) is 5.82 Å². The van der Waals surface area contributed by atoms with E-state index in [1.54, 1.807) is 4.68 Å². The standard InChI is InChI=1S/C17H22BrN7S/c1-10(26)22-17-14(18)15(11-4-3-5-19-6-11)23-16-13(8-21-25(16)17)12-7-20-24(2)9-12/h7-11,19,22,26H,3-6H2,1-2H3/t10?,11-/m1/s1. The van der Waals surface area contributed by atoms with E-state index in [0.29, 0.717) is 5.92 Å². The molecule has 0 amide bonds. The molecule has 3 aromatic rings. The molecule has 2 N–H and O–H groups in total. The molecule has 1 aliphatic heterocycles. The zero-order valence-corrected chi connectivity index (χ0v) is 17.3. The van der Waals surface area contributed by atoms with Gasteiger partial charge in [0, 0.05) is 36.8 Å². The first-order chi connectivity index (χ1) is 12.5. The molecule has 3 aromatic heterocycles. The number of aromatic nitrogens is 5. The minimum absolute atomic E-state index is 0.0136. The maximum atomic E-state index is 5.02. The van der Waals surface area contributed by atoms with Crippen LogP contribution in [0.5, 0.6) is 0 Å². The van der Waals surface area contributed by atoms with E-state index >= 15 is 0 Å². The smallest absolute Gasteiger partial charge is 0.165 e. The number of hydrogen-bond acceptors (Lipinski definition) is 6. The Morgan fingerprint density at radius 3 is 2.88 bits per heavy atom. The zero-order valence-electron chi connectivity index (χ0n) is 14.8. The Labute approximate surface area is 166 Å². The third-order valence-electron chi connectivity index (χ3n) is 4.66. The van der Waals surface area contributed by atoms with Crippen LogP contribution in [0.15, 0.2) is 23.1 Å². The number of thiol groups is 1. The number of anilines is 1. The zero-order chi connectivity index (χ0) is 18.3. The molecule has 138 valence electrons. The van der Waals surface area contributed by atoms with Crippen LogP contribution in [0.4, 0.5) is 5.82 Å². The van der Waals surface area contributed by atoms with E-state index in [1.165, 1.54) is 0 Å². The van der Waals surface area contributed by atoms with E-state index in [2.05, 4.69) is 49.4 Å². The Bertz CT molecular complexity index is 927. The molecular weight excluding hydrogens is 414 g/mol. The molecule has 0 bridgehead atoms. The predicted octanol–water partition coefficient (Wildman–Crippen LogP) is 3.05. The Kier molecular flexibility index (Phi) is 4.94. The van der Waals surface area contributed by atoms with Crippen molar-refractivity contribution in [2.75, 3.05) is 18.4 Å². The minimum atomic E-state index is -0.0136. The topological polar surface area (TPSA) is 72.1 Å². The number of rotatable bonds is 4. The van der Waals surface area contributed by atoms with Crippen LogP contribution in [0.1, 0.15) is 31.4 Å². The van der Waals surface area contributed by atoms with Crippen molar-refractivity contribution in [3.05, 3.63) is 28.8 Å². The first-order valence-corrected chi connectivity index (χ1v) is 10.1. The van der Waals surface area contributed by atoms with E-state index < -0.39 is 0 Å². The van der Waals surface area contributed by atoms with Crippen LogP contribution in [0.3, 0.4) is 0 Å². The lowest BCUT2D eigenvalue weighted by Gasteiger charge is -2.25. The van der Waals surface area contributed by atoms with Gasteiger partial charge in [-0.1, -0.05) is 0 Å². The molecule has 1 aliphatic rings. The summed E-state index contributed by atoms with van der Waals surface area (Å²) in [7, 11) is 1.91. The normalized spacial score (nSPS) is 19.0. The van der Waals surface area contributed by atoms with Crippen molar-refractivity contribution >= 4 is 40.0 Å². The molecule has 26 heavy (non-hydrogen) atoms. The van der Waals surface area contributed by atoms with Gasteiger partial charge in [-0.15, -0.1) is 0 Å². The summed E-state index contributed by atoms with van der Waals surface area (Å²) in [5.41, 5.74) is 3.88. The Hall–Kier alpha value is -1.58. The number of aryl methyl sites for hydroxylation is 1. The van der Waals surface area contributed by atoms with Crippen LogP contribution in [0.2, 0.25) is 0 Å². The van der Waals surface area contributed by atoms with Gasteiger partial charge in [0.15, 0.2) is 5.65 Å². The number of halogens is 1. The van der Waals surface area contributed by atoms with E-state index in [1.807, 2.05) is 37.1 Å². The molecule has 0 aromatic carbocycles. The second-order valence-corrected chi connectivity index (χ2v) is 8.29. The van der Waals surface area contributed by atoms with E-state index in [9.17, 15) is 0 Å². The van der Waals surface area contributed by atoms with Crippen molar-refractivity contribution in [2.24, 2.45) is 7.05 Å². The summed E-state index contributed by atoms with van der Waals surface area (Å²) in [6.45, 7) is 4.01. The molecular formula is C17H22BrN7S. The van der Waals surface area contributed by atoms with Crippen LogP contribution in [0.25, 0.3) is 16.8 Å².